The second kappa shape index (κ2) is 45.2. The predicted octanol–water partition coefficient (Wildman–Crippen LogP) is 10.4. The summed E-state index contributed by atoms with van der Waals surface area (Å²) in [5, 5.41) is 72.3. The molecule has 71 heavy (non-hydrogen) atoms. The SMILES string of the molecule is CCCCCCCCCCCCCCCCCCCCCCCOCC(COC1OC(COC2OC(CO)C(O)C(O)C2O)C(O)C(O)C1O)OC(=O)CCCCCCCCCCCCCCCCCC. The van der Waals surface area contributed by atoms with Gasteiger partial charge in [0.15, 0.2) is 12.6 Å². The van der Waals surface area contributed by atoms with Crippen molar-refractivity contribution in [2.45, 2.75) is 325 Å². The van der Waals surface area contributed by atoms with E-state index in [1.807, 2.05) is 0 Å². The fourth-order valence-electron chi connectivity index (χ4n) is 9.82. The average molecular weight is 1020 g/mol. The molecule has 0 aromatic heterocycles. The first-order valence-corrected chi connectivity index (χ1v) is 29.6. The van der Waals surface area contributed by atoms with Crippen LogP contribution >= 0.6 is 0 Å². The standard InChI is InChI=1S/C57H110O14/c1-3-5-7-9-11-13-15-17-19-21-22-23-24-25-27-29-31-33-35-37-39-41-66-43-46(69-49(59)40-38-36-34-32-30-28-26-20-18-16-14-12-10-8-6-4-2)44-67-56-55(65)53(63)51(61)48(71-56)45-68-57-54(64)52(62)50(60)47(42-58)70-57/h46-48,50-58,60-65H,3-45H2,1-2H3. The number of rotatable bonds is 49. The molecule has 2 aliphatic rings. The topological polar surface area (TPSA) is 214 Å². The summed E-state index contributed by atoms with van der Waals surface area (Å²) in [6.07, 6.45) is 31.6. The summed E-state index contributed by atoms with van der Waals surface area (Å²) < 4.78 is 34.4. The van der Waals surface area contributed by atoms with Gasteiger partial charge in [0.1, 0.15) is 54.9 Å². The molecule has 0 spiro atoms. The fourth-order valence-corrected chi connectivity index (χ4v) is 9.82. The molecule has 11 unspecified atom stereocenters. The van der Waals surface area contributed by atoms with Crippen LogP contribution in [0.25, 0.3) is 0 Å². The smallest absolute Gasteiger partial charge is 0.306 e. The zero-order chi connectivity index (χ0) is 51.6. The molecule has 2 heterocycles. The Hall–Kier alpha value is -1.01. The van der Waals surface area contributed by atoms with E-state index in [1.165, 1.54) is 193 Å². The first-order valence-electron chi connectivity index (χ1n) is 29.6. The maximum atomic E-state index is 13.1. The van der Waals surface area contributed by atoms with Crippen molar-refractivity contribution in [3.63, 3.8) is 0 Å². The van der Waals surface area contributed by atoms with Gasteiger partial charge in [-0.25, -0.2) is 0 Å². The molecule has 2 aliphatic heterocycles. The molecule has 11 atom stereocenters. The van der Waals surface area contributed by atoms with Crippen LogP contribution in [0.4, 0.5) is 0 Å². The largest absolute Gasteiger partial charge is 0.457 e. The Morgan fingerprint density at radius 1 is 0.408 bits per heavy atom. The lowest BCUT2D eigenvalue weighted by Gasteiger charge is -2.42. The van der Waals surface area contributed by atoms with Crippen molar-refractivity contribution in [3.8, 4) is 0 Å². The summed E-state index contributed by atoms with van der Waals surface area (Å²) >= 11 is 0. The van der Waals surface area contributed by atoms with Gasteiger partial charge < -0.3 is 64.2 Å². The molecule has 0 amide bonds. The summed E-state index contributed by atoms with van der Waals surface area (Å²) in [7, 11) is 0. The van der Waals surface area contributed by atoms with E-state index in [2.05, 4.69) is 13.8 Å². The minimum absolute atomic E-state index is 0.0710. The highest BCUT2D eigenvalue weighted by Gasteiger charge is 2.47. The van der Waals surface area contributed by atoms with E-state index in [-0.39, 0.29) is 25.6 Å². The predicted molar refractivity (Wildman–Crippen MR) is 280 cm³/mol. The molecule has 0 aromatic carbocycles. The third kappa shape index (κ3) is 32.2. The Balaban J connectivity index is 1.69. The summed E-state index contributed by atoms with van der Waals surface area (Å²) in [6, 6.07) is 0. The number of aliphatic hydroxyl groups is 7. The monoisotopic (exact) mass is 1020 g/mol. The molecule has 2 fully saturated rings. The quantitative estimate of drug-likeness (QED) is 0.0223. The number of unbranched alkanes of at least 4 members (excludes halogenated alkanes) is 35. The van der Waals surface area contributed by atoms with Gasteiger partial charge in [0.2, 0.25) is 0 Å². The van der Waals surface area contributed by atoms with E-state index in [4.69, 9.17) is 28.4 Å². The first kappa shape index (κ1) is 66.1. The molecule has 7 N–H and O–H groups in total. The van der Waals surface area contributed by atoms with Crippen molar-refractivity contribution in [2.75, 3.05) is 33.0 Å². The van der Waals surface area contributed by atoms with Crippen LogP contribution in [0.15, 0.2) is 0 Å². The zero-order valence-corrected chi connectivity index (χ0v) is 45.2. The van der Waals surface area contributed by atoms with E-state index in [0.717, 1.165) is 44.9 Å². The van der Waals surface area contributed by atoms with Crippen LogP contribution in [-0.2, 0) is 33.2 Å². The Kier molecular flexibility index (Phi) is 42.1. The summed E-state index contributed by atoms with van der Waals surface area (Å²) in [4.78, 5) is 13.1. The average Bonchev–Trinajstić information content (AvgIpc) is 3.37. The van der Waals surface area contributed by atoms with Crippen LogP contribution in [0.5, 0.6) is 0 Å². The molecule has 0 radical (unpaired) electrons. The summed E-state index contributed by atoms with van der Waals surface area (Å²) in [5.74, 6) is -0.368. The highest BCUT2D eigenvalue weighted by molar-refractivity contribution is 5.69. The van der Waals surface area contributed by atoms with Crippen molar-refractivity contribution in [1.29, 1.82) is 0 Å². The maximum Gasteiger partial charge on any atom is 0.306 e. The molecular formula is C57H110O14. The highest BCUT2D eigenvalue weighted by atomic mass is 16.7. The number of ether oxygens (including phenoxy) is 6. The molecule has 0 aromatic rings. The molecule has 2 saturated heterocycles. The summed E-state index contributed by atoms with van der Waals surface area (Å²) in [6.45, 7) is 3.76. The van der Waals surface area contributed by atoms with E-state index in [1.54, 1.807) is 0 Å². The van der Waals surface area contributed by atoms with Crippen LogP contribution in [0.2, 0.25) is 0 Å². The maximum absolute atomic E-state index is 13.1. The number of hydrogen-bond acceptors (Lipinski definition) is 14. The Labute approximate surface area is 432 Å². The van der Waals surface area contributed by atoms with Crippen molar-refractivity contribution in [2.24, 2.45) is 0 Å². The van der Waals surface area contributed by atoms with Gasteiger partial charge >= 0.3 is 5.97 Å². The van der Waals surface area contributed by atoms with Gasteiger partial charge in [0.05, 0.1) is 26.4 Å². The lowest BCUT2D eigenvalue weighted by atomic mass is 9.98. The van der Waals surface area contributed by atoms with Crippen LogP contribution in [-0.4, -0.2) is 142 Å². The van der Waals surface area contributed by atoms with E-state index in [0.29, 0.717) is 6.61 Å². The van der Waals surface area contributed by atoms with E-state index in [9.17, 15) is 40.5 Å². The number of hydrogen-bond donors (Lipinski definition) is 7. The molecule has 0 bridgehead atoms. The third-order valence-electron chi connectivity index (χ3n) is 14.6. The van der Waals surface area contributed by atoms with E-state index < -0.39 is 80.7 Å². The van der Waals surface area contributed by atoms with Crippen LogP contribution in [0.3, 0.4) is 0 Å². The molecule has 2 rings (SSSR count). The van der Waals surface area contributed by atoms with Crippen molar-refractivity contribution in [1.82, 2.24) is 0 Å². The second-order valence-corrected chi connectivity index (χ2v) is 21.2. The van der Waals surface area contributed by atoms with Crippen molar-refractivity contribution >= 4 is 5.97 Å². The van der Waals surface area contributed by atoms with Gasteiger partial charge in [-0.1, -0.05) is 239 Å². The van der Waals surface area contributed by atoms with Crippen molar-refractivity contribution in [3.05, 3.63) is 0 Å². The summed E-state index contributed by atoms with van der Waals surface area (Å²) in [5.41, 5.74) is 0. The fraction of sp³-hybridized carbons (Fsp3) is 0.982. The minimum Gasteiger partial charge on any atom is -0.457 e. The molecule has 0 aliphatic carbocycles. The number of carbonyl (C=O) groups excluding carboxylic acids is 1. The molecule has 14 heteroatoms. The van der Waals surface area contributed by atoms with Crippen LogP contribution in [0.1, 0.15) is 258 Å². The highest BCUT2D eigenvalue weighted by Crippen LogP contribution is 2.27. The molecule has 0 saturated carbocycles. The number of esters is 1. The lowest BCUT2D eigenvalue weighted by molar-refractivity contribution is -0.332. The Morgan fingerprint density at radius 2 is 0.746 bits per heavy atom. The second-order valence-electron chi connectivity index (χ2n) is 21.2. The van der Waals surface area contributed by atoms with Gasteiger partial charge in [-0.15, -0.1) is 0 Å². The van der Waals surface area contributed by atoms with E-state index >= 15 is 0 Å². The number of carbonyl (C=O) groups is 1. The zero-order valence-electron chi connectivity index (χ0n) is 45.2. The Morgan fingerprint density at radius 3 is 1.14 bits per heavy atom. The van der Waals surface area contributed by atoms with Gasteiger partial charge in [-0.2, -0.15) is 0 Å². The van der Waals surface area contributed by atoms with Crippen LogP contribution < -0.4 is 0 Å². The van der Waals surface area contributed by atoms with Gasteiger partial charge in [0, 0.05) is 13.0 Å². The lowest BCUT2D eigenvalue weighted by Crippen LogP contribution is -2.61. The molecular weight excluding hydrogens is 909 g/mol. The molecule has 14 nitrogen and oxygen atoms in total. The van der Waals surface area contributed by atoms with Gasteiger partial charge in [-0.3, -0.25) is 4.79 Å². The minimum atomic E-state index is -1.70. The first-order chi connectivity index (χ1) is 34.6. The Bertz CT molecular complexity index is 1180. The normalized spacial score (nSPS) is 25.2. The van der Waals surface area contributed by atoms with Gasteiger partial charge in [0.25, 0.3) is 0 Å². The van der Waals surface area contributed by atoms with Crippen LogP contribution in [0, 0.1) is 0 Å². The molecule has 422 valence electrons. The van der Waals surface area contributed by atoms with Crippen molar-refractivity contribution < 1.29 is 69.0 Å². The third-order valence-corrected chi connectivity index (χ3v) is 14.6. The van der Waals surface area contributed by atoms with Gasteiger partial charge in [-0.05, 0) is 12.8 Å². The number of aliphatic hydroxyl groups excluding tert-OH is 7.